The predicted molar refractivity (Wildman–Crippen MR) is 236 cm³/mol. The molecular formula is C38H80O3Si2. The Balaban J connectivity index is -0.0000000202. The maximum atomic E-state index is 8.36. The highest BCUT2D eigenvalue weighted by Gasteiger charge is 2.33. The minimum Gasteiger partial charge on any atom is -0.483 e. The SMILES string of the molecule is C#CC#CC#CC#CC#CC#CC#CC#CC#CC#CC#CC#CC#CC#C[Si](C)(C)CC(C)(C)O[Si](C)(C)C.O=CO.[HH].[HH].[HH].[HH].[HH].[HH].[HH].[HH].[HH].[HH].[HH].[HH].[HH].[HH].[HH].[HH].[HH].[HH].[HH].[HH].[HH].[HH].[HH].[HH].[HH].[HH].[HH]. The molecule has 0 aromatic carbocycles. The molecule has 0 atom stereocenters. The van der Waals surface area contributed by atoms with Crippen LogP contribution in [0.3, 0.4) is 0 Å². The van der Waals surface area contributed by atoms with Gasteiger partial charge in [0, 0.05) is 103 Å². The van der Waals surface area contributed by atoms with Crippen molar-refractivity contribution in [1.29, 1.82) is 0 Å². The number of carboxylic acid groups (broad SMARTS) is 1. The summed E-state index contributed by atoms with van der Waals surface area (Å²) in [4.78, 5) is 8.36. The summed E-state index contributed by atoms with van der Waals surface area (Å²) in [5.41, 5.74) is 3.15. The van der Waals surface area contributed by atoms with Gasteiger partial charge < -0.3 is 9.53 Å². The molecule has 0 heterocycles. The van der Waals surface area contributed by atoms with Crippen molar-refractivity contribution in [3.8, 4) is 166 Å². The van der Waals surface area contributed by atoms with E-state index >= 15 is 0 Å². The average Bonchev–Trinajstić information content (AvgIpc) is 2.89. The molecule has 0 rings (SSSR count). The van der Waals surface area contributed by atoms with Crippen LogP contribution in [0.2, 0.25) is 38.8 Å². The van der Waals surface area contributed by atoms with E-state index in [0.29, 0.717) is 0 Å². The number of hydrogen-bond donors (Lipinski definition) is 1. The minimum absolute atomic E-state index is 0. The zero-order valence-corrected chi connectivity index (χ0v) is 27.1. The molecule has 0 saturated carbocycles. The summed E-state index contributed by atoms with van der Waals surface area (Å²) >= 11 is 0. The maximum absolute atomic E-state index is 8.36. The van der Waals surface area contributed by atoms with Crippen molar-refractivity contribution in [1.82, 2.24) is 0 Å². The summed E-state index contributed by atoms with van der Waals surface area (Å²) in [5.74, 6) is 65.8. The van der Waals surface area contributed by atoms with Crippen molar-refractivity contribution >= 4 is 22.9 Å². The second kappa shape index (κ2) is 24.7. The van der Waals surface area contributed by atoms with Gasteiger partial charge in [-0.2, -0.15) is 0 Å². The van der Waals surface area contributed by atoms with Crippen molar-refractivity contribution in [3.05, 3.63) is 0 Å². The molecule has 0 amide bonds. The molecule has 43 heavy (non-hydrogen) atoms. The highest BCUT2D eigenvalue weighted by atomic mass is 28.4. The Kier molecular flexibility index (Phi) is 22.3. The Bertz CT molecular complexity index is 1980. The molecule has 0 saturated heterocycles. The van der Waals surface area contributed by atoms with E-state index in [1.807, 2.05) is 0 Å². The van der Waals surface area contributed by atoms with Gasteiger partial charge in [0.15, 0.2) is 8.32 Å². The van der Waals surface area contributed by atoms with Crippen LogP contribution in [0.25, 0.3) is 0 Å². The van der Waals surface area contributed by atoms with E-state index < -0.39 is 16.4 Å². The van der Waals surface area contributed by atoms with Gasteiger partial charge in [0.1, 0.15) is 8.07 Å². The van der Waals surface area contributed by atoms with Gasteiger partial charge in [-0.15, -0.1) is 12.0 Å². The third-order valence-electron chi connectivity index (χ3n) is 3.42. The van der Waals surface area contributed by atoms with Crippen molar-refractivity contribution in [2.75, 3.05) is 0 Å². The summed E-state index contributed by atoms with van der Waals surface area (Å²) in [6, 6.07) is 0.946. The monoisotopic (exact) mass is 641 g/mol. The second-order valence-corrected chi connectivity index (χ2v) is 18.3. The van der Waals surface area contributed by atoms with E-state index in [1.165, 1.54) is 0 Å². The van der Waals surface area contributed by atoms with Gasteiger partial charge in [-0.1, -0.05) is 13.1 Å². The average molecular weight is 641 g/mol. The molecule has 0 aliphatic heterocycles. The van der Waals surface area contributed by atoms with Gasteiger partial charge in [0.2, 0.25) is 0 Å². The molecule has 0 aromatic heterocycles. The fourth-order valence-electron chi connectivity index (χ4n) is 2.93. The van der Waals surface area contributed by atoms with Gasteiger partial charge in [-0.25, -0.2) is 0 Å². The largest absolute Gasteiger partial charge is 0.483 e. The zero-order valence-electron chi connectivity index (χ0n) is 25.1. The normalized spacial score (nSPS) is 7.21. The fraction of sp³-hybridized carbons (Fsp3) is 0.237. The van der Waals surface area contributed by atoms with E-state index in [-0.39, 0.29) is 50.6 Å². The Labute approximate surface area is 300 Å². The van der Waals surface area contributed by atoms with Crippen LogP contribution in [0.4, 0.5) is 0 Å². The van der Waals surface area contributed by atoms with Gasteiger partial charge in [0.25, 0.3) is 6.47 Å². The molecule has 0 unspecified atom stereocenters. The quantitative estimate of drug-likeness (QED) is 0.189. The highest BCUT2D eigenvalue weighted by molar-refractivity contribution is 6.85. The molecule has 258 valence electrons. The van der Waals surface area contributed by atoms with Crippen molar-refractivity contribution < 1.29 is 52.8 Å². The van der Waals surface area contributed by atoms with Gasteiger partial charge in [-0.3, -0.25) is 4.79 Å². The molecule has 0 spiro atoms. The van der Waals surface area contributed by atoms with Crippen molar-refractivity contribution in [2.45, 2.75) is 58.2 Å². The van der Waals surface area contributed by atoms with E-state index in [2.05, 4.69) is 206 Å². The lowest BCUT2D eigenvalue weighted by Crippen LogP contribution is -2.43. The van der Waals surface area contributed by atoms with Crippen LogP contribution in [0.1, 0.15) is 52.4 Å². The molecule has 1 N–H and O–H groups in total. The molecular weight excluding hydrogens is 561 g/mol. The standard InChI is InChI=1S/C37H24OSi2.CH2O2.27H2/c1-9-10-11-12-13-14-15-16-17-18-19-20-21-22-23-24-25-26-27-28-29-30-31-32-33-34-35-40(7,8)36-37(2,3)38-39(4,5)6;2-1-3;;;;;;;;;;;;;;;;;;;;;;;;;;;/h1H,36H2,2-8H3;1H,(H,2,3);27*1H. The molecule has 0 bridgehead atoms. The van der Waals surface area contributed by atoms with E-state index in [1.54, 1.807) is 0 Å². The summed E-state index contributed by atoms with van der Waals surface area (Å²) in [6.45, 7) is 15.1. The van der Waals surface area contributed by atoms with Gasteiger partial charge >= 0.3 is 0 Å². The van der Waals surface area contributed by atoms with Crippen LogP contribution in [-0.2, 0) is 9.22 Å². The second-order valence-electron chi connectivity index (χ2n) is 9.53. The van der Waals surface area contributed by atoms with Crippen LogP contribution >= 0.6 is 0 Å². The Morgan fingerprint density at radius 2 is 0.814 bits per heavy atom. The van der Waals surface area contributed by atoms with Crippen LogP contribution in [0.5, 0.6) is 0 Å². The third-order valence-corrected chi connectivity index (χ3v) is 7.13. The molecule has 5 heteroatoms. The first-order valence-corrected chi connectivity index (χ1v) is 18.8. The van der Waals surface area contributed by atoms with Crippen LogP contribution in [0.15, 0.2) is 0 Å². The highest BCUT2D eigenvalue weighted by Crippen LogP contribution is 2.27. The molecule has 0 aromatic rings. The Hall–Kier alpha value is -6.30. The molecule has 0 aliphatic rings. The van der Waals surface area contributed by atoms with Crippen molar-refractivity contribution in [2.24, 2.45) is 0 Å². The Morgan fingerprint density at radius 3 is 1.05 bits per heavy atom. The topological polar surface area (TPSA) is 46.5 Å². The van der Waals surface area contributed by atoms with E-state index in [4.69, 9.17) is 20.8 Å². The van der Waals surface area contributed by atoms with E-state index in [0.717, 1.165) is 6.04 Å². The smallest absolute Gasteiger partial charge is 0.290 e. The predicted octanol–water partition coefficient (Wildman–Crippen LogP) is 9.88. The lowest BCUT2D eigenvalue weighted by atomic mass is 10.2. The first kappa shape index (κ1) is 38.8. The summed E-state index contributed by atoms with van der Waals surface area (Å²) in [7, 11) is -3.38. The Morgan fingerprint density at radius 1 is 0.581 bits per heavy atom. The van der Waals surface area contributed by atoms with Gasteiger partial charge in [0.05, 0.1) is 0 Å². The van der Waals surface area contributed by atoms with Crippen molar-refractivity contribution in [3.63, 3.8) is 0 Å². The molecule has 0 aliphatic carbocycles. The number of hydrogen-bond acceptors (Lipinski definition) is 2. The van der Waals surface area contributed by atoms with Crippen LogP contribution in [-0.4, -0.2) is 33.6 Å². The lowest BCUT2D eigenvalue weighted by Gasteiger charge is -2.36. The van der Waals surface area contributed by atoms with Gasteiger partial charge in [-0.05, 0) is 134 Å². The van der Waals surface area contributed by atoms with E-state index in [9.17, 15) is 0 Å². The summed E-state index contributed by atoms with van der Waals surface area (Å²) < 4.78 is 6.30. The minimum atomic E-state index is -1.77. The maximum Gasteiger partial charge on any atom is 0.290 e. The fourth-order valence-corrected chi connectivity index (χ4v) is 7.49. The summed E-state index contributed by atoms with van der Waals surface area (Å²) in [6.07, 6.45) is 4.94. The first-order valence-electron chi connectivity index (χ1n) is 12.1. The lowest BCUT2D eigenvalue weighted by molar-refractivity contribution is -0.122. The van der Waals surface area contributed by atoms with Crippen LogP contribution in [0, 0.1) is 166 Å². The molecule has 0 fully saturated rings. The number of rotatable bonds is 4. The third kappa shape index (κ3) is 33.7. The zero-order chi connectivity index (χ0) is 32.7. The summed E-state index contributed by atoms with van der Waals surface area (Å²) in [5, 5.41) is 6.89. The van der Waals surface area contributed by atoms with Crippen LogP contribution < -0.4 is 0 Å². The number of carbonyl (C=O) groups is 1. The first-order chi connectivity index (χ1) is 20.4. The number of terminal acetylenes is 1. The molecule has 3 nitrogen and oxygen atoms in total. The molecule has 0 radical (unpaired) electrons.